The maximum Gasteiger partial charge on any atom is 0.273 e. The lowest BCUT2D eigenvalue weighted by atomic mass is 10.1. The normalized spacial score (nSPS) is 10.8. The van der Waals surface area contributed by atoms with E-state index in [-0.39, 0.29) is 23.4 Å². The van der Waals surface area contributed by atoms with Crippen LogP contribution in [0.15, 0.2) is 54.7 Å². The van der Waals surface area contributed by atoms with Crippen molar-refractivity contribution in [3.8, 4) is 5.75 Å². The molecule has 0 unspecified atom stereocenters. The molecule has 4 rings (SSSR count). The van der Waals surface area contributed by atoms with E-state index in [0.29, 0.717) is 31.8 Å². The minimum absolute atomic E-state index is 0.123. The van der Waals surface area contributed by atoms with Crippen molar-refractivity contribution in [1.29, 1.82) is 0 Å². The number of nitro benzene ring substituents is 1. The molecule has 0 fully saturated rings. The van der Waals surface area contributed by atoms with E-state index in [0.717, 1.165) is 0 Å². The third-order valence-corrected chi connectivity index (χ3v) is 6.46. The van der Waals surface area contributed by atoms with Crippen molar-refractivity contribution in [2.45, 2.75) is 13.5 Å². The van der Waals surface area contributed by atoms with E-state index in [9.17, 15) is 14.9 Å². The van der Waals surface area contributed by atoms with Crippen LogP contribution in [0.25, 0.3) is 10.2 Å². The van der Waals surface area contributed by atoms with Crippen LogP contribution < -0.4 is 9.64 Å². The highest BCUT2D eigenvalue weighted by atomic mass is 35.5. The maximum absolute atomic E-state index is 13.6. The Morgan fingerprint density at radius 1 is 1.22 bits per heavy atom. The Bertz CT molecular complexity index is 1330. The lowest BCUT2D eigenvalue weighted by Crippen LogP contribution is -2.31. The molecular formula is C22H17ClN4O4S. The van der Waals surface area contributed by atoms with Gasteiger partial charge in [0.15, 0.2) is 5.13 Å². The fraction of sp³-hybridized carbons (Fsp3) is 0.136. The number of amides is 1. The van der Waals surface area contributed by atoms with Crippen LogP contribution in [0.5, 0.6) is 5.75 Å². The van der Waals surface area contributed by atoms with Crippen molar-refractivity contribution in [3.63, 3.8) is 0 Å². The van der Waals surface area contributed by atoms with E-state index in [2.05, 4.69) is 9.97 Å². The van der Waals surface area contributed by atoms with Crippen molar-refractivity contribution in [1.82, 2.24) is 9.97 Å². The summed E-state index contributed by atoms with van der Waals surface area (Å²) in [5, 5.41) is 12.3. The molecule has 2 aromatic heterocycles. The van der Waals surface area contributed by atoms with Crippen LogP contribution >= 0.6 is 22.9 Å². The molecule has 0 N–H and O–H groups in total. The SMILES string of the molecule is COc1ccc(Cl)c2sc(N(Cc3ccccn3)C(=O)c3cccc([N+](=O)[O-])c3C)nc12. The zero-order valence-electron chi connectivity index (χ0n) is 17.1. The summed E-state index contributed by atoms with van der Waals surface area (Å²) in [6, 6.07) is 13.3. The molecule has 0 spiro atoms. The minimum Gasteiger partial charge on any atom is -0.494 e. The zero-order valence-corrected chi connectivity index (χ0v) is 18.7. The first-order chi connectivity index (χ1) is 15.4. The second kappa shape index (κ2) is 8.89. The molecule has 2 heterocycles. The van der Waals surface area contributed by atoms with Gasteiger partial charge in [0.05, 0.1) is 34.0 Å². The number of halogens is 1. The van der Waals surface area contributed by atoms with Gasteiger partial charge in [-0.3, -0.25) is 24.8 Å². The molecule has 0 saturated carbocycles. The summed E-state index contributed by atoms with van der Waals surface area (Å²) in [6.07, 6.45) is 1.63. The third-order valence-electron chi connectivity index (χ3n) is 4.92. The third kappa shape index (κ3) is 4.00. The van der Waals surface area contributed by atoms with Crippen molar-refractivity contribution in [2.24, 2.45) is 0 Å². The van der Waals surface area contributed by atoms with Crippen LogP contribution in [0.3, 0.4) is 0 Å². The second-order valence-electron chi connectivity index (χ2n) is 6.84. The number of hydrogen-bond acceptors (Lipinski definition) is 7. The van der Waals surface area contributed by atoms with Gasteiger partial charge in [-0.05, 0) is 37.3 Å². The molecular weight excluding hydrogens is 452 g/mol. The van der Waals surface area contributed by atoms with Gasteiger partial charge in [0, 0.05) is 23.4 Å². The van der Waals surface area contributed by atoms with E-state index in [1.54, 1.807) is 43.5 Å². The molecule has 0 saturated heterocycles. The van der Waals surface area contributed by atoms with Gasteiger partial charge in [-0.25, -0.2) is 4.98 Å². The molecule has 0 radical (unpaired) electrons. The molecule has 1 amide bonds. The Hall–Kier alpha value is -3.56. The average molecular weight is 469 g/mol. The smallest absolute Gasteiger partial charge is 0.273 e. The highest BCUT2D eigenvalue weighted by Crippen LogP contribution is 2.39. The summed E-state index contributed by atoms with van der Waals surface area (Å²) in [5.74, 6) is 0.106. The molecule has 162 valence electrons. The lowest BCUT2D eigenvalue weighted by molar-refractivity contribution is -0.385. The summed E-state index contributed by atoms with van der Waals surface area (Å²) in [5.41, 5.74) is 1.55. The number of anilines is 1. The van der Waals surface area contributed by atoms with E-state index in [4.69, 9.17) is 16.3 Å². The fourth-order valence-corrected chi connectivity index (χ4v) is 4.55. The van der Waals surface area contributed by atoms with Crippen LogP contribution in [0.4, 0.5) is 10.8 Å². The largest absolute Gasteiger partial charge is 0.494 e. The summed E-state index contributed by atoms with van der Waals surface area (Å²) in [4.78, 5) is 34.9. The van der Waals surface area contributed by atoms with Crippen molar-refractivity contribution < 1.29 is 14.5 Å². The van der Waals surface area contributed by atoms with Gasteiger partial charge >= 0.3 is 0 Å². The first kappa shape index (κ1) is 21.7. The Labute approximate surface area is 192 Å². The summed E-state index contributed by atoms with van der Waals surface area (Å²) in [6.45, 7) is 1.68. The van der Waals surface area contributed by atoms with E-state index in [1.165, 1.54) is 35.5 Å². The summed E-state index contributed by atoms with van der Waals surface area (Å²) in [7, 11) is 1.53. The number of pyridine rings is 1. The summed E-state index contributed by atoms with van der Waals surface area (Å²) < 4.78 is 6.07. The number of rotatable bonds is 6. The van der Waals surface area contributed by atoms with E-state index < -0.39 is 10.8 Å². The number of ether oxygens (including phenoxy) is 1. The second-order valence-corrected chi connectivity index (χ2v) is 8.23. The van der Waals surface area contributed by atoms with Crippen molar-refractivity contribution in [2.75, 3.05) is 12.0 Å². The minimum atomic E-state index is -0.502. The maximum atomic E-state index is 13.6. The van der Waals surface area contributed by atoms with Crippen molar-refractivity contribution in [3.05, 3.63) is 86.7 Å². The first-order valence-corrected chi connectivity index (χ1v) is 10.7. The Kier molecular flexibility index (Phi) is 6.02. The molecule has 4 aromatic rings. The van der Waals surface area contributed by atoms with Gasteiger partial charge in [-0.15, -0.1) is 0 Å². The number of aromatic nitrogens is 2. The fourth-order valence-electron chi connectivity index (χ4n) is 3.30. The van der Waals surface area contributed by atoms with Gasteiger partial charge < -0.3 is 4.74 Å². The van der Waals surface area contributed by atoms with Gasteiger partial charge in [0.25, 0.3) is 11.6 Å². The molecule has 0 aliphatic rings. The van der Waals surface area contributed by atoms with Gasteiger partial charge in [-0.2, -0.15) is 0 Å². The molecule has 0 aliphatic heterocycles. The topological polar surface area (TPSA) is 98.5 Å². The standard InChI is InChI=1S/C22H17ClN4O4S/c1-13-15(7-5-8-17(13)27(29)30)21(28)26(12-14-6-3-4-11-24-14)22-25-19-18(31-2)10-9-16(23)20(19)32-22/h3-11H,12H2,1-2H3. The van der Waals surface area contributed by atoms with Gasteiger partial charge in [0.1, 0.15) is 11.3 Å². The Morgan fingerprint density at radius 3 is 2.72 bits per heavy atom. The highest BCUT2D eigenvalue weighted by molar-refractivity contribution is 7.23. The molecule has 2 aromatic carbocycles. The highest BCUT2D eigenvalue weighted by Gasteiger charge is 2.27. The number of thiazole rings is 1. The Morgan fingerprint density at radius 2 is 2.03 bits per heavy atom. The van der Waals surface area contributed by atoms with Crippen LogP contribution in [-0.2, 0) is 6.54 Å². The quantitative estimate of drug-likeness (QED) is 0.277. The van der Waals surface area contributed by atoms with E-state index >= 15 is 0 Å². The monoisotopic (exact) mass is 468 g/mol. The zero-order chi connectivity index (χ0) is 22.8. The van der Waals surface area contributed by atoms with Crippen LogP contribution in [0.1, 0.15) is 21.6 Å². The Balaban J connectivity index is 1.86. The molecule has 32 heavy (non-hydrogen) atoms. The number of hydrogen-bond donors (Lipinski definition) is 0. The predicted molar refractivity (Wildman–Crippen MR) is 124 cm³/mol. The molecule has 10 heteroatoms. The molecule has 8 nitrogen and oxygen atoms in total. The number of benzene rings is 2. The number of fused-ring (bicyclic) bond motifs is 1. The number of methoxy groups -OCH3 is 1. The number of carbonyl (C=O) groups excluding carboxylic acids is 1. The van der Waals surface area contributed by atoms with Gasteiger partial charge in [-0.1, -0.05) is 35.1 Å². The number of carbonyl (C=O) groups is 1. The average Bonchev–Trinajstić information content (AvgIpc) is 3.24. The van der Waals surface area contributed by atoms with Crippen LogP contribution in [-0.4, -0.2) is 27.9 Å². The van der Waals surface area contributed by atoms with Crippen molar-refractivity contribution >= 4 is 49.9 Å². The molecule has 0 atom stereocenters. The molecule has 0 aliphatic carbocycles. The van der Waals surface area contributed by atoms with Crippen LogP contribution in [0, 0.1) is 17.0 Å². The first-order valence-electron chi connectivity index (χ1n) is 9.49. The van der Waals surface area contributed by atoms with Gasteiger partial charge in [0.2, 0.25) is 0 Å². The summed E-state index contributed by atoms with van der Waals surface area (Å²) >= 11 is 7.61. The predicted octanol–water partition coefficient (Wildman–Crippen LogP) is 5.42. The lowest BCUT2D eigenvalue weighted by Gasteiger charge is -2.20. The van der Waals surface area contributed by atoms with E-state index in [1.807, 2.05) is 6.07 Å². The number of nitrogens with zero attached hydrogens (tertiary/aromatic N) is 4. The number of nitro groups is 1. The van der Waals surface area contributed by atoms with Crippen LogP contribution in [0.2, 0.25) is 5.02 Å². The molecule has 0 bridgehead atoms.